The molecule has 0 aliphatic rings. The van der Waals surface area contributed by atoms with Crippen LogP contribution in [0, 0.1) is 6.92 Å². The van der Waals surface area contributed by atoms with Gasteiger partial charge in [0.05, 0.1) is 5.69 Å². The Morgan fingerprint density at radius 2 is 2.00 bits per heavy atom. The minimum absolute atomic E-state index is 0.118. The van der Waals surface area contributed by atoms with Crippen LogP contribution in [0.1, 0.15) is 51.1 Å². The van der Waals surface area contributed by atoms with Gasteiger partial charge in [0, 0.05) is 17.2 Å². The van der Waals surface area contributed by atoms with Gasteiger partial charge in [-0.25, -0.2) is 0 Å². The lowest BCUT2D eigenvalue weighted by Gasteiger charge is -2.16. The van der Waals surface area contributed by atoms with E-state index in [2.05, 4.69) is 37.9 Å². The first-order valence-electron chi connectivity index (χ1n) is 5.62. The van der Waals surface area contributed by atoms with Gasteiger partial charge < -0.3 is 5.73 Å². The van der Waals surface area contributed by atoms with Crippen LogP contribution in [0.3, 0.4) is 0 Å². The molecule has 1 aromatic rings. The van der Waals surface area contributed by atoms with Crippen LogP contribution >= 0.6 is 0 Å². The molecule has 86 valence electrons. The summed E-state index contributed by atoms with van der Waals surface area (Å²) in [6, 6.07) is 0.255. The second kappa shape index (κ2) is 4.35. The highest BCUT2D eigenvalue weighted by molar-refractivity contribution is 5.28. The van der Waals surface area contributed by atoms with Gasteiger partial charge in [0.2, 0.25) is 0 Å². The Hall–Kier alpha value is -0.830. The zero-order valence-electron chi connectivity index (χ0n) is 10.5. The van der Waals surface area contributed by atoms with E-state index in [1.807, 2.05) is 6.92 Å². The summed E-state index contributed by atoms with van der Waals surface area (Å²) in [5.41, 5.74) is 9.56. The third-order valence-electron chi connectivity index (χ3n) is 2.67. The number of hydrogen-bond acceptors (Lipinski definition) is 2. The topological polar surface area (TPSA) is 54.7 Å². The maximum Gasteiger partial charge on any atom is 0.0707 e. The van der Waals surface area contributed by atoms with Crippen LogP contribution in [0.2, 0.25) is 0 Å². The highest BCUT2D eigenvalue weighted by atomic mass is 15.1. The predicted octanol–water partition coefficient (Wildman–Crippen LogP) is 2.30. The molecule has 0 fully saturated rings. The summed E-state index contributed by atoms with van der Waals surface area (Å²) in [5.74, 6) is 0. The number of aromatic amines is 1. The van der Waals surface area contributed by atoms with E-state index in [0.717, 1.165) is 12.8 Å². The lowest BCUT2D eigenvalue weighted by atomic mass is 9.89. The molecule has 0 saturated heterocycles. The summed E-state index contributed by atoms with van der Waals surface area (Å²) in [6.07, 6.45) is 2.00. The lowest BCUT2D eigenvalue weighted by Crippen LogP contribution is -2.16. The third-order valence-corrected chi connectivity index (χ3v) is 2.67. The molecule has 0 amide bonds. The normalized spacial score (nSPS) is 14.3. The SMILES string of the molecule is Cc1c(C(C)(C)C)n[nH]c1CCC(C)N. The number of hydrogen-bond donors (Lipinski definition) is 2. The van der Waals surface area contributed by atoms with Crippen LogP contribution in [0.25, 0.3) is 0 Å². The van der Waals surface area contributed by atoms with Crippen molar-refractivity contribution in [2.45, 2.75) is 58.9 Å². The molecule has 0 bridgehead atoms. The van der Waals surface area contributed by atoms with Crippen molar-refractivity contribution in [2.75, 3.05) is 0 Å². The van der Waals surface area contributed by atoms with Crippen LogP contribution in [0.15, 0.2) is 0 Å². The molecule has 0 spiro atoms. The van der Waals surface area contributed by atoms with Gasteiger partial charge in [0.15, 0.2) is 0 Å². The van der Waals surface area contributed by atoms with Crippen LogP contribution in [0.4, 0.5) is 0 Å². The molecule has 1 heterocycles. The van der Waals surface area contributed by atoms with Gasteiger partial charge in [-0.3, -0.25) is 5.10 Å². The van der Waals surface area contributed by atoms with Crippen molar-refractivity contribution in [1.29, 1.82) is 0 Å². The Labute approximate surface area is 92.5 Å². The van der Waals surface area contributed by atoms with E-state index >= 15 is 0 Å². The smallest absolute Gasteiger partial charge is 0.0707 e. The molecule has 1 aromatic heterocycles. The molecule has 0 aromatic carbocycles. The van der Waals surface area contributed by atoms with Crippen LogP contribution in [0.5, 0.6) is 0 Å². The van der Waals surface area contributed by atoms with Gasteiger partial charge in [-0.2, -0.15) is 5.10 Å². The summed E-state index contributed by atoms with van der Waals surface area (Å²) in [6.45, 7) is 10.7. The summed E-state index contributed by atoms with van der Waals surface area (Å²) in [5, 5.41) is 7.53. The largest absolute Gasteiger partial charge is 0.328 e. The number of H-pyrrole nitrogens is 1. The number of aromatic nitrogens is 2. The van der Waals surface area contributed by atoms with E-state index < -0.39 is 0 Å². The van der Waals surface area contributed by atoms with Crippen molar-refractivity contribution >= 4 is 0 Å². The van der Waals surface area contributed by atoms with Gasteiger partial charge >= 0.3 is 0 Å². The van der Waals surface area contributed by atoms with Gasteiger partial charge in [0.1, 0.15) is 0 Å². The molecule has 0 radical (unpaired) electrons. The summed E-state index contributed by atoms with van der Waals surface area (Å²) >= 11 is 0. The fourth-order valence-corrected chi connectivity index (χ4v) is 1.78. The molecule has 0 aliphatic heterocycles. The number of nitrogens with zero attached hydrogens (tertiary/aromatic N) is 1. The quantitative estimate of drug-likeness (QED) is 0.802. The Bertz CT molecular complexity index is 318. The van der Waals surface area contributed by atoms with E-state index in [0.29, 0.717) is 0 Å². The number of aryl methyl sites for hydroxylation is 1. The zero-order valence-corrected chi connectivity index (χ0v) is 10.5. The summed E-state index contributed by atoms with van der Waals surface area (Å²) in [4.78, 5) is 0. The third kappa shape index (κ3) is 3.06. The number of nitrogens with one attached hydrogen (secondary N) is 1. The molecular formula is C12H23N3. The molecular weight excluding hydrogens is 186 g/mol. The second-order valence-corrected chi connectivity index (χ2v) is 5.44. The van der Waals surface area contributed by atoms with E-state index in [1.54, 1.807) is 0 Å². The van der Waals surface area contributed by atoms with Gasteiger partial charge in [-0.05, 0) is 32.3 Å². The molecule has 0 saturated carbocycles. The minimum Gasteiger partial charge on any atom is -0.328 e. The molecule has 3 N–H and O–H groups in total. The standard InChI is InChI=1S/C12H23N3/c1-8(13)6-7-10-9(2)11(15-14-10)12(3,4)5/h8H,6-7,13H2,1-5H3,(H,14,15). The summed E-state index contributed by atoms with van der Waals surface area (Å²) < 4.78 is 0. The summed E-state index contributed by atoms with van der Waals surface area (Å²) in [7, 11) is 0. The van der Waals surface area contributed by atoms with Gasteiger partial charge in [-0.1, -0.05) is 20.8 Å². The number of rotatable bonds is 3. The maximum absolute atomic E-state index is 5.75. The fourth-order valence-electron chi connectivity index (χ4n) is 1.78. The van der Waals surface area contributed by atoms with Crippen molar-refractivity contribution in [1.82, 2.24) is 10.2 Å². The van der Waals surface area contributed by atoms with Gasteiger partial charge in [0.25, 0.3) is 0 Å². The van der Waals surface area contributed by atoms with Crippen molar-refractivity contribution < 1.29 is 0 Å². The monoisotopic (exact) mass is 209 g/mol. The Morgan fingerprint density at radius 3 is 2.40 bits per heavy atom. The molecule has 1 unspecified atom stereocenters. The highest BCUT2D eigenvalue weighted by Crippen LogP contribution is 2.25. The van der Waals surface area contributed by atoms with Crippen molar-refractivity contribution in [2.24, 2.45) is 5.73 Å². The second-order valence-electron chi connectivity index (χ2n) is 5.44. The first kappa shape index (κ1) is 12.2. The molecule has 3 nitrogen and oxygen atoms in total. The molecule has 0 aliphatic carbocycles. The van der Waals surface area contributed by atoms with Crippen molar-refractivity contribution in [3.63, 3.8) is 0 Å². The maximum atomic E-state index is 5.75. The van der Waals surface area contributed by atoms with Crippen LogP contribution in [-0.4, -0.2) is 16.2 Å². The average molecular weight is 209 g/mol. The fraction of sp³-hybridized carbons (Fsp3) is 0.750. The van der Waals surface area contributed by atoms with E-state index in [-0.39, 0.29) is 11.5 Å². The highest BCUT2D eigenvalue weighted by Gasteiger charge is 2.21. The Balaban J connectivity index is 2.81. The molecule has 3 heteroatoms. The van der Waals surface area contributed by atoms with E-state index in [9.17, 15) is 0 Å². The van der Waals surface area contributed by atoms with E-state index in [1.165, 1.54) is 17.0 Å². The van der Waals surface area contributed by atoms with Gasteiger partial charge in [-0.15, -0.1) is 0 Å². The lowest BCUT2D eigenvalue weighted by molar-refractivity contribution is 0.563. The number of nitrogens with two attached hydrogens (primary N) is 1. The first-order chi connectivity index (χ1) is 6.82. The van der Waals surface area contributed by atoms with Crippen LogP contribution in [-0.2, 0) is 11.8 Å². The Kier molecular flexibility index (Phi) is 3.55. The minimum atomic E-state index is 0.118. The zero-order chi connectivity index (χ0) is 11.6. The molecule has 1 atom stereocenters. The average Bonchev–Trinajstić information content (AvgIpc) is 2.42. The van der Waals surface area contributed by atoms with Crippen LogP contribution < -0.4 is 5.73 Å². The molecule has 15 heavy (non-hydrogen) atoms. The van der Waals surface area contributed by atoms with Crippen molar-refractivity contribution in [3.8, 4) is 0 Å². The van der Waals surface area contributed by atoms with Crippen molar-refractivity contribution in [3.05, 3.63) is 17.0 Å². The predicted molar refractivity (Wildman–Crippen MR) is 64.0 cm³/mol. The molecule has 1 rings (SSSR count). The Morgan fingerprint density at radius 1 is 1.40 bits per heavy atom. The van der Waals surface area contributed by atoms with E-state index in [4.69, 9.17) is 5.73 Å². The first-order valence-corrected chi connectivity index (χ1v) is 5.62.